The van der Waals surface area contributed by atoms with Crippen LogP contribution in [0.2, 0.25) is 0 Å². The standard InChI is InChI=1S/C32H47NO3/c1-19(34)32-13-11-27(2,3)17-21(32)25-22(35)15-24-29(6)16-20(18-33)26(36)28(4,5)23(29)9-10-30(24,7)31(25,8)12-14-32/h16,21,23-26,36H,9-15,17H2,1-8H3/t21?,23-,24+,25?,26?,29-,30+,31+,32+/m0/s1. The van der Waals surface area contributed by atoms with Crippen LogP contribution in [0.25, 0.3) is 0 Å². The number of nitriles is 1. The quantitative estimate of drug-likeness (QED) is 0.443. The molecule has 0 bridgehead atoms. The number of nitrogens with zero attached hydrogens (tertiary/aromatic N) is 1. The van der Waals surface area contributed by atoms with Gasteiger partial charge >= 0.3 is 0 Å². The van der Waals surface area contributed by atoms with Crippen LogP contribution in [0.15, 0.2) is 11.6 Å². The van der Waals surface area contributed by atoms with E-state index in [2.05, 4.69) is 60.6 Å². The van der Waals surface area contributed by atoms with Gasteiger partial charge in [0.05, 0.1) is 17.7 Å². The van der Waals surface area contributed by atoms with Gasteiger partial charge in [0.25, 0.3) is 0 Å². The molecule has 0 aliphatic heterocycles. The Morgan fingerprint density at radius 1 is 0.972 bits per heavy atom. The van der Waals surface area contributed by atoms with Crippen molar-refractivity contribution in [3.05, 3.63) is 11.6 Å². The third-order valence-electron chi connectivity index (χ3n) is 13.4. The van der Waals surface area contributed by atoms with Gasteiger partial charge in [-0.15, -0.1) is 0 Å². The molecular formula is C32H47NO3. The van der Waals surface area contributed by atoms with Gasteiger partial charge in [0.1, 0.15) is 11.6 Å². The monoisotopic (exact) mass is 493 g/mol. The first-order valence-electron chi connectivity index (χ1n) is 14.3. The van der Waals surface area contributed by atoms with E-state index in [9.17, 15) is 20.0 Å². The second kappa shape index (κ2) is 7.56. The number of allylic oxidation sites excluding steroid dienone is 1. The first kappa shape index (κ1) is 26.1. The van der Waals surface area contributed by atoms with Crippen molar-refractivity contribution in [3.8, 4) is 6.07 Å². The fourth-order valence-electron chi connectivity index (χ4n) is 11.1. The van der Waals surface area contributed by atoms with E-state index in [1.807, 2.05) is 0 Å². The third kappa shape index (κ3) is 3.02. The van der Waals surface area contributed by atoms with Gasteiger partial charge in [-0.3, -0.25) is 9.59 Å². The molecule has 198 valence electrons. The summed E-state index contributed by atoms with van der Waals surface area (Å²) in [4.78, 5) is 27.7. The molecule has 0 aromatic rings. The Hall–Kier alpha value is -1.47. The fraction of sp³-hybridized carbons (Fsp3) is 0.844. The van der Waals surface area contributed by atoms with E-state index in [1.165, 1.54) is 0 Å². The summed E-state index contributed by atoms with van der Waals surface area (Å²) in [5.74, 6) is 1.06. The maximum atomic E-state index is 14.4. The fourth-order valence-corrected chi connectivity index (χ4v) is 11.1. The third-order valence-corrected chi connectivity index (χ3v) is 13.4. The molecule has 5 rings (SSSR count). The highest BCUT2D eigenvalue weighted by Crippen LogP contribution is 2.76. The van der Waals surface area contributed by atoms with Crippen molar-refractivity contribution in [3.63, 3.8) is 0 Å². The molecule has 0 heterocycles. The van der Waals surface area contributed by atoms with E-state index >= 15 is 0 Å². The zero-order valence-electron chi connectivity index (χ0n) is 23.8. The lowest BCUT2D eigenvalue weighted by Crippen LogP contribution is -2.69. The smallest absolute Gasteiger partial charge is 0.137 e. The maximum Gasteiger partial charge on any atom is 0.137 e. The van der Waals surface area contributed by atoms with Crippen molar-refractivity contribution in [1.82, 2.24) is 0 Å². The molecule has 4 nitrogen and oxygen atoms in total. The van der Waals surface area contributed by atoms with E-state index in [0.717, 1.165) is 44.9 Å². The molecule has 1 N–H and O–H groups in total. The van der Waals surface area contributed by atoms with Gasteiger partial charge in [-0.05, 0) is 96.7 Å². The van der Waals surface area contributed by atoms with Crippen LogP contribution >= 0.6 is 0 Å². The molecule has 9 atom stereocenters. The summed E-state index contributed by atoms with van der Waals surface area (Å²) in [6.07, 6.45) is 8.61. The number of aliphatic hydroxyl groups excluding tert-OH is 1. The zero-order valence-corrected chi connectivity index (χ0v) is 23.8. The van der Waals surface area contributed by atoms with Gasteiger partial charge in [-0.1, -0.05) is 54.5 Å². The number of rotatable bonds is 1. The highest BCUT2D eigenvalue weighted by molar-refractivity contribution is 5.88. The summed E-state index contributed by atoms with van der Waals surface area (Å²) in [5.41, 5.74) is -0.681. The lowest BCUT2D eigenvalue weighted by Gasteiger charge is -2.72. The van der Waals surface area contributed by atoms with Crippen molar-refractivity contribution < 1.29 is 14.7 Å². The number of aliphatic hydroxyl groups is 1. The Morgan fingerprint density at radius 2 is 1.61 bits per heavy atom. The predicted molar refractivity (Wildman–Crippen MR) is 141 cm³/mol. The molecule has 0 spiro atoms. The summed E-state index contributed by atoms with van der Waals surface area (Å²) in [5, 5.41) is 21.0. The summed E-state index contributed by atoms with van der Waals surface area (Å²) < 4.78 is 0. The van der Waals surface area contributed by atoms with Crippen LogP contribution in [0.1, 0.15) is 107 Å². The van der Waals surface area contributed by atoms with E-state index < -0.39 is 11.5 Å². The zero-order chi connectivity index (χ0) is 26.7. The van der Waals surface area contributed by atoms with Crippen molar-refractivity contribution in [1.29, 1.82) is 5.26 Å². The minimum absolute atomic E-state index is 0.0587. The Morgan fingerprint density at radius 3 is 2.22 bits per heavy atom. The molecule has 5 aliphatic rings. The Bertz CT molecular complexity index is 1080. The predicted octanol–water partition coefficient (Wildman–Crippen LogP) is 6.67. The minimum atomic E-state index is -0.761. The molecule has 4 heteroatoms. The summed E-state index contributed by atoms with van der Waals surface area (Å²) in [7, 11) is 0. The van der Waals surface area contributed by atoms with Crippen LogP contribution in [0.5, 0.6) is 0 Å². The maximum absolute atomic E-state index is 14.4. The SMILES string of the molecule is CC(=O)[C@]12CCC(C)(C)CC1C1C(=O)C[C@@H]3[C@@]4(C)C=C(C#N)C(O)C(C)(C)[C@@H]4CC[C@@]3(C)[C@]1(C)CC2. The number of hydrogen-bond acceptors (Lipinski definition) is 4. The molecule has 4 saturated carbocycles. The molecule has 3 unspecified atom stereocenters. The largest absolute Gasteiger partial charge is 0.387 e. The summed E-state index contributed by atoms with van der Waals surface area (Å²) in [6.45, 7) is 17.7. The number of carbonyl (C=O) groups is 2. The van der Waals surface area contributed by atoms with Crippen LogP contribution < -0.4 is 0 Å². The normalized spacial score (nSPS) is 50.9. The van der Waals surface area contributed by atoms with Crippen LogP contribution in [0, 0.1) is 67.5 Å². The second-order valence-corrected chi connectivity index (χ2v) is 15.6. The van der Waals surface area contributed by atoms with E-state index in [1.54, 1.807) is 6.92 Å². The topological polar surface area (TPSA) is 78.2 Å². The van der Waals surface area contributed by atoms with Crippen LogP contribution in [-0.2, 0) is 9.59 Å². The highest BCUT2D eigenvalue weighted by Gasteiger charge is 2.72. The van der Waals surface area contributed by atoms with Gasteiger partial charge in [-0.2, -0.15) is 5.26 Å². The number of carbonyl (C=O) groups excluding carboxylic acids is 2. The minimum Gasteiger partial charge on any atom is -0.387 e. The molecule has 5 aliphatic carbocycles. The van der Waals surface area contributed by atoms with Crippen molar-refractivity contribution in [2.24, 2.45) is 56.2 Å². The van der Waals surface area contributed by atoms with Gasteiger partial charge in [0, 0.05) is 17.8 Å². The van der Waals surface area contributed by atoms with Crippen LogP contribution in [-0.4, -0.2) is 22.8 Å². The molecule has 0 aromatic carbocycles. The Labute approximate surface area is 218 Å². The Kier molecular flexibility index (Phi) is 5.49. The van der Waals surface area contributed by atoms with Gasteiger partial charge in [0.15, 0.2) is 0 Å². The van der Waals surface area contributed by atoms with Crippen molar-refractivity contribution >= 4 is 11.6 Å². The van der Waals surface area contributed by atoms with Crippen molar-refractivity contribution in [2.45, 2.75) is 113 Å². The number of fused-ring (bicyclic) bond motifs is 7. The van der Waals surface area contributed by atoms with E-state index in [-0.39, 0.29) is 50.7 Å². The Balaban J connectivity index is 1.64. The average molecular weight is 494 g/mol. The first-order chi connectivity index (χ1) is 16.5. The van der Waals surface area contributed by atoms with Gasteiger partial charge in [-0.25, -0.2) is 0 Å². The molecule has 0 radical (unpaired) electrons. The number of ketones is 2. The number of Topliss-reactive ketones (excluding diaryl/α,β-unsaturated/α-hetero) is 2. The van der Waals surface area contributed by atoms with Gasteiger partial charge < -0.3 is 5.11 Å². The number of hydrogen-bond donors (Lipinski definition) is 1. The first-order valence-corrected chi connectivity index (χ1v) is 14.3. The molecule has 0 amide bonds. The van der Waals surface area contributed by atoms with E-state index in [4.69, 9.17) is 0 Å². The van der Waals surface area contributed by atoms with E-state index in [0.29, 0.717) is 23.6 Å². The molecule has 0 aromatic heterocycles. The van der Waals surface area contributed by atoms with Crippen LogP contribution in [0.4, 0.5) is 0 Å². The average Bonchev–Trinajstić information content (AvgIpc) is 2.77. The molecule has 36 heavy (non-hydrogen) atoms. The lowest BCUT2D eigenvalue weighted by molar-refractivity contribution is -0.225. The lowest BCUT2D eigenvalue weighted by atomic mass is 9.31. The molecule has 4 fully saturated rings. The summed E-state index contributed by atoms with van der Waals surface area (Å²) >= 11 is 0. The molecule has 0 saturated heterocycles. The second-order valence-electron chi connectivity index (χ2n) is 15.6. The van der Waals surface area contributed by atoms with Gasteiger partial charge in [0.2, 0.25) is 0 Å². The highest BCUT2D eigenvalue weighted by atomic mass is 16.3. The summed E-state index contributed by atoms with van der Waals surface area (Å²) in [6, 6.07) is 2.30. The van der Waals surface area contributed by atoms with Crippen molar-refractivity contribution in [2.75, 3.05) is 0 Å². The van der Waals surface area contributed by atoms with Crippen LogP contribution in [0.3, 0.4) is 0 Å². The molecular weight excluding hydrogens is 446 g/mol.